The van der Waals surface area contributed by atoms with Crippen LogP contribution in [0.2, 0.25) is 0 Å². The number of carbonyl (C=O) groups excluding carboxylic acids is 1. The maximum atomic E-state index is 12.0. The van der Waals surface area contributed by atoms with Gasteiger partial charge in [0.05, 0.1) is 11.0 Å². The van der Waals surface area contributed by atoms with Gasteiger partial charge in [0.15, 0.2) is 10.4 Å². The van der Waals surface area contributed by atoms with Gasteiger partial charge in [-0.3, -0.25) is 4.79 Å². The van der Waals surface area contributed by atoms with E-state index >= 15 is 0 Å². The summed E-state index contributed by atoms with van der Waals surface area (Å²) in [6.07, 6.45) is 0.844. The van der Waals surface area contributed by atoms with E-state index < -0.39 is 0 Å². The molecule has 0 fully saturated rings. The van der Waals surface area contributed by atoms with Crippen molar-refractivity contribution in [2.45, 2.75) is 13.3 Å². The van der Waals surface area contributed by atoms with E-state index in [0.29, 0.717) is 10.4 Å². The first-order valence-corrected chi connectivity index (χ1v) is 7.00. The number of carbonyl (C=O) groups is 1. The number of H-pyrrole nitrogens is 1. The lowest BCUT2D eigenvalue weighted by atomic mass is 10.2. The summed E-state index contributed by atoms with van der Waals surface area (Å²) >= 11 is 3.17. The van der Waals surface area contributed by atoms with Gasteiger partial charge in [0.2, 0.25) is 0 Å². The van der Waals surface area contributed by atoms with Crippen molar-refractivity contribution in [1.82, 2.24) is 9.97 Å². The molecule has 6 heteroatoms. The number of amides is 1. The number of anilines is 1. The molecule has 5 nitrogen and oxygen atoms in total. The summed E-state index contributed by atoms with van der Waals surface area (Å²) in [5, 5.41) is 2.79. The van der Waals surface area contributed by atoms with Gasteiger partial charge in [0.25, 0.3) is 5.91 Å². The number of fused-ring (bicyclic) bond motifs is 1. The van der Waals surface area contributed by atoms with Crippen LogP contribution in [-0.4, -0.2) is 15.9 Å². The van der Waals surface area contributed by atoms with Crippen LogP contribution in [0, 0.1) is 0 Å². The van der Waals surface area contributed by atoms with Crippen LogP contribution < -0.4 is 5.32 Å². The molecule has 2 heterocycles. The van der Waals surface area contributed by atoms with Gasteiger partial charge in [-0.05, 0) is 46.3 Å². The van der Waals surface area contributed by atoms with E-state index in [-0.39, 0.29) is 11.7 Å². The Morgan fingerprint density at radius 1 is 1.40 bits per heavy atom. The standard InChI is InChI=1S/C14H12BrN3O2/c1-2-13-17-9-4-3-8(7-10(9)18-13)16-14(19)11-5-6-12(15)20-11/h3-7H,2H2,1H3,(H,16,19)(H,17,18). The van der Waals surface area contributed by atoms with Gasteiger partial charge in [0, 0.05) is 12.1 Å². The topological polar surface area (TPSA) is 70.9 Å². The Balaban J connectivity index is 1.85. The van der Waals surface area contributed by atoms with Crippen LogP contribution in [0.4, 0.5) is 5.69 Å². The van der Waals surface area contributed by atoms with E-state index in [1.165, 1.54) is 0 Å². The van der Waals surface area contributed by atoms with Crippen molar-refractivity contribution in [2.75, 3.05) is 5.32 Å². The third kappa shape index (κ3) is 2.46. The molecule has 0 atom stereocenters. The summed E-state index contributed by atoms with van der Waals surface area (Å²) in [6.45, 7) is 2.04. The summed E-state index contributed by atoms with van der Waals surface area (Å²) in [5.41, 5.74) is 2.49. The number of nitrogens with zero attached hydrogens (tertiary/aromatic N) is 1. The molecule has 0 unspecified atom stereocenters. The van der Waals surface area contributed by atoms with Crippen LogP contribution in [0.5, 0.6) is 0 Å². The van der Waals surface area contributed by atoms with Crippen molar-refractivity contribution in [1.29, 1.82) is 0 Å². The van der Waals surface area contributed by atoms with Gasteiger partial charge in [-0.15, -0.1) is 0 Å². The minimum absolute atomic E-state index is 0.260. The smallest absolute Gasteiger partial charge is 0.291 e. The maximum Gasteiger partial charge on any atom is 0.291 e. The Labute approximate surface area is 123 Å². The zero-order valence-corrected chi connectivity index (χ0v) is 12.3. The molecule has 2 N–H and O–H groups in total. The molecular formula is C14H12BrN3O2. The highest BCUT2D eigenvalue weighted by Gasteiger charge is 2.11. The molecule has 0 aliphatic rings. The molecule has 3 aromatic rings. The Morgan fingerprint density at radius 3 is 2.95 bits per heavy atom. The van der Waals surface area contributed by atoms with Crippen molar-refractivity contribution >= 4 is 38.6 Å². The lowest BCUT2D eigenvalue weighted by Gasteiger charge is -2.02. The molecule has 1 aromatic carbocycles. The van der Waals surface area contributed by atoms with E-state index in [1.807, 2.05) is 25.1 Å². The van der Waals surface area contributed by atoms with Crippen LogP contribution in [0.25, 0.3) is 11.0 Å². The van der Waals surface area contributed by atoms with Gasteiger partial charge in [0.1, 0.15) is 5.82 Å². The Bertz CT molecular complexity index is 776. The summed E-state index contributed by atoms with van der Waals surface area (Å²) in [7, 11) is 0. The fraction of sp³-hybridized carbons (Fsp3) is 0.143. The third-order valence-corrected chi connectivity index (χ3v) is 3.35. The van der Waals surface area contributed by atoms with E-state index in [4.69, 9.17) is 4.42 Å². The highest BCUT2D eigenvalue weighted by Crippen LogP contribution is 2.19. The summed E-state index contributed by atoms with van der Waals surface area (Å²) in [6, 6.07) is 8.85. The monoisotopic (exact) mass is 333 g/mol. The molecule has 0 saturated carbocycles. The van der Waals surface area contributed by atoms with Gasteiger partial charge in [-0.25, -0.2) is 4.98 Å². The zero-order chi connectivity index (χ0) is 14.1. The molecule has 0 radical (unpaired) electrons. The molecule has 0 aliphatic heterocycles. The number of furan rings is 1. The predicted molar refractivity (Wildman–Crippen MR) is 79.8 cm³/mol. The van der Waals surface area contributed by atoms with Crippen LogP contribution in [0.3, 0.4) is 0 Å². The van der Waals surface area contributed by atoms with Crippen LogP contribution in [0.1, 0.15) is 23.3 Å². The number of aryl methyl sites for hydroxylation is 1. The fourth-order valence-electron chi connectivity index (χ4n) is 1.94. The highest BCUT2D eigenvalue weighted by atomic mass is 79.9. The normalized spacial score (nSPS) is 10.9. The van der Waals surface area contributed by atoms with Gasteiger partial charge < -0.3 is 14.7 Å². The fourth-order valence-corrected chi connectivity index (χ4v) is 2.24. The number of nitrogens with one attached hydrogen (secondary N) is 2. The van der Waals surface area contributed by atoms with Gasteiger partial charge in [-0.1, -0.05) is 6.92 Å². The minimum Gasteiger partial charge on any atom is -0.444 e. The summed E-state index contributed by atoms with van der Waals surface area (Å²) in [4.78, 5) is 19.6. The lowest BCUT2D eigenvalue weighted by molar-refractivity contribution is 0.0995. The van der Waals surface area contributed by atoms with E-state index in [0.717, 1.165) is 23.3 Å². The average molecular weight is 334 g/mol. The molecule has 102 valence electrons. The first kappa shape index (κ1) is 12.9. The second-order valence-electron chi connectivity index (χ2n) is 4.33. The second-order valence-corrected chi connectivity index (χ2v) is 5.11. The highest BCUT2D eigenvalue weighted by molar-refractivity contribution is 9.10. The third-order valence-electron chi connectivity index (χ3n) is 2.92. The first-order valence-electron chi connectivity index (χ1n) is 6.21. The van der Waals surface area contributed by atoms with Gasteiger partial charge in [-0.2, -0.15) is 0 Å². The molecule has 2 aromatic heterocycles. The number of rotatable bonds is 3. The number of halogens is 1. The first-order chi connectivity index (χ1) is 9.65. The Morgan fingerprint density at radius 2 is 2.25 bits per heavy atom. The second kappa shape index (κ2) is 5.13. The number of imidazole rings is 1. The molecule has 3 rings (SSSR count). The number of aromatic nitrogens is 2. The largest absolute Gasteiger partial charge is 0.444 e. The van der Waals surface area contributed by atoms with E-state index in [1.54, 1.807) is 12.1 Å². The molecule has 0 spiro atoms. The molecule has 0 aliphatic carbocycles. The number of benzene rings is 1. The van der Waals surface area contributed by atoms with Crippen LogP contribution >= 0.6 is 15.9 Å². The van der Waals surface area contributed by atoms with Crippen molar-refractivity contribution in [2.24, 2.45) is 0 Å². The number of hydrogen-bond acceptors (Lipinski definition) is 3. The van der Waals surface area contributed by atoms with Crippen molar-refractivity contribution < 1.29 is 9.21 Å². The maximum absolute atomic E-state index is 12.0. The van der Waals surface area contributed by atoms with E-state index in [2.05, 4.69) is 31.2 Å². The van der Waals surface area contributed by atoms with Crippen LogP contribution in [-0.2, 0) is 6.42 Å². The number of aromatic amines is 1. The van der Waals surface area contributed by atoms with E-state index in [9.17, 15) is 4.79 Å². The molecule has 20 heavy (non-hydrogen) atoms. The van der Waals surface area contributed by atoms with Crippen molar-refractivity contribution in [3.05, 3.63) is 46.6 Å². The average Bonchev–Trinajstić information content (AvgIpc) is 3.03. The predicted octanol–water partition coefficient (Wildman–Crippen LogP) is 3.73. The Kier molecular flexibility index (Phi) is 3.31. The molecule has 0 saturated heterocycles. The lowest BCUT2D eigenvalue weighted by Crippen LogP contribution is -2.10. The van der Waals surface area contributed by atoms with Crippen molar-refractivity contribution in [3.8, 4) is 0 Å². The van der Waals surface area contributed by atoms with Crippen LogP contribution in [0.15, 0.2) is 39.4 Å². The summed E-state index contributed by atoms with van der Waals surface area (Å²) < 4.78 is 5.74. The summed E-state index contributed by atoms with van der Waals surface area (Å²) in [5.74, 6) is 0.902. The quantitative estimate of drug-likeness (QED) is 0.767. The minimum atomic E-state index is -0.287. The SMILES string of the molecule is CCc1nc2ccc(NC(=O)c3ccc(Br)o3)cc2[nH]1. The van der Waals surface area contributed by atoms with Gasteiger partial charge >= 0.3 is 0 Å². The molecular weight excluding hydrogens is 322 g/mol. The number of hydrogen-bond donors (Lipinski definition) is 2. The zero-order valence-electron chi connectivity index (χ0n) is 10.7. The van der Waals surface area contributed by atoms with Crippen molar-refractivity contribution in [3.63, 3.8) is 0 Å². The Hall–Kier alpha value is -2.08. The molecule has 0 bridgehead atoms. The molecule has 1 amide bonds.